The van der Waals surface area contributed by atoms with Gasteiger partial charge in [0.05, 0.1) is 17.6 Å². The first kappa shape index (κ1) is 18.0. The van der Waals surface area contributed by atoms with Gasteiger partial charge in [-0.1, -0.05) is 11.3 Å². The van der Waals surface area contributed by atoms with Gasteiger partial charge in [-0.3, -0.25) is 0 Å². The van der Waals surface area contributed by atoms with E-state index in [1.807, 2.05) is 24.4 Å². The van der Waals surface area contributed by atoms with Crippen LogP contribution in [0.1, 0.15) is 12.8 Å². The van der Waals surface area contributed by atoms with E-state index in [9.17, 15) is 5.11 Å². The van der Waals surface area contributed by atoms with E-state index in [1.54, 1.807) is 23.1 Å². The monoisotopic (exact) mass is 407 g/mol. The van der Waals surface area contributed by atoms with Crippen LogP contribution in [0, 0.1) is 0 Å². The Kier molecular flexibility index (Phi) is 4.61. The number of benzene rings is 1. The summed E-state index contributed by atoms with van der Waals surface area (Å²) in [5.74, 6) is 0.142. The first-order chi connectivity index (χ1) is 14.2. The average molecular weight is 408 g/mol. The quantitative estimate of drug-likeness (QED) is 0.537. The van der Waals surface area contributed by atoms with Crippen molar-refractivity contribution < 1.29 is 5.11 Å². The molecule has 5 rings (SSSR count). The van der Waals surface area contributed by atoms with E-state index in [1.165, 1.54) is 11.3 Å². The number of hydrogen-bond acceptors (Lipinski definition) is 8. The fourth-order valence-corrected chi connectivity index (χ4v) is 4.57. The van der Waals surface area contributed by atoms with Crippen molar-refractivity contribution >= 4 is 26.9 Å². The molecule has 29 heavy (non-hydrogen) atoms. The summed E-state index contributed by atoms with van der Waals surface area (Å²) in [5, 5.41) is 19.1. The van der Waals surface area contributed by atoms with Crippen molar-refractivity contribution in [2.45, 2.75) is 18.9 Å². The number of rotatable bonds is 4. The van der Waals surface area contributed by atoms with E-state index in [2.05, 4.69) is 32.3 Å². The molecule has 8 nitrogen and oxygen atoms in total. The number of thiazole rings is 1. The lowest BCUT2D eigenvalue weighted by molar-refractivity contribution is 0.443. The SMILES string of the molecule is CN(c1nc2ncc(-c3ccc(-n4cccn4)cc3O)nc2s1)C1CCNCC1. The highest BCUT2D eigenvalue weighted by molar-refractivity contribution is 7.21. The largest absolute Gasteiger partial charge is 0.507 e. The van der Waals surface area contributed by atoms with Crippen LogP contribution in [0.4, 0.5) is 5.13 Å². The van der Waals surface area contributed by atoms with E-state index in [0.29, 0.717) is 22.9 Å². The minimum atomic E-state index is 0.142. The molecule has 4 aromatic rings. The van der Waals surface area contributed by atoms with Gasteiger partial charge < -0.3 is 15.3 Å². The van der Waals surface area contributed by atoms with Crippen molar-refractivity contribution in [3.05, 3.63) is 42.9 Å². The van der Waals surface area contributed by atoms with Gasteiger partial charge in [0.1, 0.15) is 5.75 Å². The molecule has 0 unspecified atom stereocenters. The number of aromatic hydroxyl groups is 1. The molecule has 0 bridgehead atoms. The van der Waals surface area contributed by atoms with Gasteiger partial charge in [-0.05, 0) is 44.1 Å². The molecule has 0 radical (unpaired) electrons. The summed E-state index contributed by atoms with van der Waals surface area (Å²) in [6.07, 6.45) is 7.41. The number of nitrogens with one attached hydrogen (secondary N) is 1. The van der Waals surface area contributed by atoms with Crippen molar-refractivity contribution in [3.8, 4) is 22.7 Å². The third-order valence-corrected chi connectivity index (χ3v) is 6.33. The van der Waals surface area contributed by atoms with E-state index in [4.69, 9.17) is 4.98 Å². The molecule has 0 aliphatic carbocycles. The second kappa shape index (κ2) is 7.41. The molecule has 3 aromatic heterocycles. The van der Waals surface area contributed by atoms with Crippen LogP contribution in [0.3, 0.4) is 0 Å². The predicted molar refractivity (Wildman–Crippen MR) is 114 cm³/mol. The number of aromatic nitrogens is 5. The molecule has 1 fully saturated rings. The number of hydrogen-bond donors (Lipinski definition) is 2. The maximum atomic E-state index is 10.5. The van der Waals surface area contributed by atoms with Crippen molar-refractivity contribution in [1.29, 1.82) is 0 Å². The minimum absolute atomic E-state index is 0.142. The highest BCUT2D eigenvalue weighted by Crippen LogP contribution is 2.33. The molecule has 1 aliphatic rings. The Labute approximate surface area is 171 Å². The lowest BCUT2D eigenvalue weighted by Crippen LogP contribution is -2.41. The summed E-state index contributed by atoms with van der Waals surface area (Å²) >= 11 is 1.54. The molecule has 0 amide bonds. The molecule has 0 atom stereocenters. The van der Waals surface area contributed by atoms with E-state index in [-0.39, 0.29) is 5.75 Å². The van der Waals surface area contributed by atoms with Crippen molar-refractivity contribution in [2.75, 3.05) is 25.0 Å². The molecule has 9 heteroatoms. The number of phenolic OH excluding ortho intramolecular Hbond substituents is 1. The van der Waals surface area contributed by atoms with E-state index in [0.717, 1.165) is 41.6 Å². The molecule has 2 N–H and O–H groups in total. The third kappa shape index (κ3) is 3.43. The summed E-state index contributed by atoms with van der Waals surface area (Å²) in [7, 11) is 2.09. The fraction of sp³-hybridized carbons (Fsp3) is 0.300. The topological polar surface area (TPSA) is 92.0 Å². The maximum Gasteiger partial charge on any atom is 0.191 e. The zero-order chi connectivity index (χ0) is 19.8. The Morgan fingerprint density at radius 1 is 1.24 bits per heavy atom. The molecule has 0 saturated carbocycles. The number of fused-ring (bicyclic) bond motifs is 1. The third-order valence-electron chi connectivity index (χ3n) is 5.30. The lowest BCUT2D eigenvalue weighted by Gasteiger charge is -2.31. The van der Waals surface area contributed by atoms with Gasteiger partial charge >= 0.3 is 0 Å². The van der Waals surface area contributed by atoms with Gasteiger partial charge in [0, 0.05) is 37.1 Å². The van der Waals surface area contributed by atoms with Gasteiger partial charge in [0.2, 0.25) is 0 Å². The second-order valence-electron chi connectivity index (χ2n) is 7.12. The van der Waals surface area contributed by atoms with Crippen LogP contribution in [0.5, 0.6) is 5.75 Å². The van der Waals surface area contributed by atoms with Crippen molar-refractivity contribution in [1.82, 2.24) is 30.0 Å². The lowest BCUT2D eigenvalue weighted by atomic mass is 10.1. The number of piperidine rings is 1. The van der Waals surface area contributed by atoms with Crippen LogP contribution < -0.4 is 10.2 Å². The average Bonchev–Trinajstić information content (AvgIpc) is 3.43. The standard InChI is InChI=1S/C20H21N7OS/c1-26(13-5-8-21-9-6-13)20-25-18-19(29-20)24-16(12-22-18)15-4-3-14(11-17(15)28)27-10-2-7-23-27/h2-4,7,10-13,21,28H,5-6,8-9H2,1H3. The minimum Gasteiger partial charge on any atom is -0.507 e. The molecular formula is C20H21N7OS. The van der Waals surface area contributed by atoms with Crippen LogP contribution in [-0.4, -0.2) is 56.0 Å². The predicted octanol–water partition coefficient (Wildman–Crippen LogP) is 2.83. The van der Waals surface area contributed by atoms with E-state index >= 15 is 0 Å². The maximum absolute atomic E-state index is 10.5. The number of anilines is 1. The smallest absolute Gasteiger partial charge is 0.191 e. The Bertz CT molecular complexity index is 1140. The van der Waals surface area contributed by atoms with Gasteiger partial charge in [-0.25, -0.2) is 14.6 Å². The summed E-state index contributed by atoms with van der Waals surface area (Å²) in [4.78, 5) is 16.9. The summed E-state index contributed by atoms with van der Waals surface area (Å²) in [6.45, 7) is 2.07. The van der Waals surface area contributed by atoms with Crippen molar-refractivity contribution in [2.24, 2.45) is 0 Å². The molecule has 148 valence electrons. The summed E-state index contributed by atoms with van der Waals surface area (Å²) in [6, 6.07) is 7.74. The summed E-state index contributed by atoms with van der Waals surface area (Å²) < 4.78 is 1.70. The van der Waals surface area contributed by atoms with Gasteiger partial charge in [0.25, 0.3) is 0 Å². The molecule has 1 aliphatic heterocycles. The van der Waals surface area contributed by atoms with Gasteiger partial charge in [0.15, 0.2) is 15.6 Å². The number of nitrogens with zero attached hydrogens (tertiary/aromatic N) is 6. The van der Waals surface area contributed by atoms with Crippen LogP contribution >= 0.6 is 11.3 Å². The summed E-state index contributed by atoms with van der Waals surface area (Å²) in [5.41, 5.74) is 2.69. The molecule has 0 spiro atoms. The zero-order valence-electron chi connectivity index (χ0n) is 16.0. The Balaban J connectivity index is 1.45. The Morgan fingerprint density at radius 3 is 2.86 bits per heavy atom. The highest BCUT2D eigenvalue weighted by atomic mass is 32.1. The highest BCUT2D eigenvalue weighted by Gasteiger charge is 2.21. The van der Waals surface area contributed by atoms with Crippen molar-refractivity contribution in [3.63, 3.8) is 0 Å². The second-order valence-corrected chi connectivity index (χ2v) is 8.08. The van der Waals surface area contributed by atoms with Gasteiger partial charge in [-0.2, -0.15) is 10.1 Å². The van der Waals surface area contributed by atoms with E-state index < -0.39 is 0 Å². The van der Waals surface area contributed by atoms with Crippen LogP contribution in [0.2, 0.25) is 0 Å². The van der Waals surface area contributed by atoms with Crippen LogP contribution in [0.15, 0.2) is 42.9 Å². The molecule has 4 heterocycles. The Hall–Kier alpha value is -3.04. The van der Waals surface area contributed by atoms with Crippen LogP contribution in [-0.2, 0) is 0 Å². The van der Waals surface area contributed by atoms with Crippen LogP contribution in [0.25, 0.3) is 27.4 Å². The van der Waals surface area contributed by atoms with Gasteiger partial charge in [-0.15, -0.1) is 0 Å². The zero-order valence-corrected chi connectivity index (χ0v) is 16.8. The molecule has 1 aromatic carbocycles. The normalized spacial score (nSPS) is 15.1. The first-order valence-corrected chi connectivity index (χ1v) is 10.4. The fourth-order valence-electron chi connectivity index (χ4n) is 3.64. The molecule has 1 saturated heterocycles. The first-order valence-electron chi connectivity index (χ1n) is 9.59. The Morgan fingerprint density at radius 2 is 2.10 bits per heavy atom. The molecular weight excluding hydrogens is 386 g/mol. The number of phenols is 1.